The number of nitrogens with two attached hydrogens (primary N) is 1. The summed E-state index contributed by atoms with van der Waals surface area (Å²) < 4.78 is 1.77. The topological polar surface area (TPSA) is 72.9 Å². The number of hydrogen-bond donors (Lipinski definition) is 2. The fourth-order valence-electron chi connectivity index (χ4n) is 1.81. The number of nitrogens with one attached hydrogen (secondary N) is 1. The Balaban J connectivity index is 2.13. The van der Waals surface area contributed by atoms with Crippen molar-refractivity contribution in [3.05, 3.63) is 47.7 Å². The van der Waals surface area contributed by atoms with Crippen LogP contribution in [0.15, 0.2) is 36.5 Å². The van der Waals surface area contributed by atoms with Crippen molar-refractivity contribution in [3.63, 3.8) is 0 Å². The Hall–Kier alpha value is -2.14. The molecule has 0 saturated heterocycles. The predicted molar refractivity (Wildman–Crippen MR) is 74.9 cm³/mol. The van der Waals surface area contributed by atoms with Crippen LogP contribution in [-0.4, -0.2) is 15.7 Å². The average Bonchev–Trinajstić information content (AvgIpc) is 2.87. The minimum absolute atomic E-state index is 0.147. The molecule has 2 aromatic rings. The number of anilines is 1. The van der Waals surface area contributed by atoms with Crippen LogP contribution in [0.4, 0.5) is 5.82 Å². The summed E-state index contributed by atoms with van der Waals surface area (Å²) in [5, 5.41) is 7.03. The molecule has 0 bridgehead atoms. The Kier molecular flexibility index (Phi) is 3.97. The van der Waals surface area contributed by atoms with E-state index in [1.54, 1.807) is 29.1 Å². The molecule has 5 heteroatoms. The fraction of sp³-hybridized carbons (Fsp3) is 0.286. The van der Waals surface area contributed by atoms with Gasteiger partial charge in [-0.15, -0.1) is 0 Å². The first-order valence-corrected chi connectivity index (χ1v) is 6.25. The molecule has 19 heavy (non-hydrogen) atoms. The van der Waals surface area contributed by atoms with Crippen molar-refractivity contribution < 1.29 is 4.79 Å². The Bertz CT molecular complexity index is 557. The third kappa shape index (κ3) is 3.00. The molecule has 1 heterocycles. The lowest BCUT2D eigenvalue weighted by atomic mass is 10.1. The van der Waals surface area contributed by atoms with Crippen LogP contribution < -0.4 is 11.1 Å². The summed E-state index contributed by atoms with van der Waals surface area (Å²) in [6, 6.07) is 9.24. The quantitative estimate of drug-likeness (QED) is 0.882. The molecule has 0 unspecified atom stereocenters. The third-order valence-corrected chi connectivity index (χ3v) is 2.85. The highest BCUT2D eigenvalue weighted by molar-refractivity contribution is 6.03. The smallest absolute Gasteiger partial charge is 0.256 e. The first-order chi connectivity index (χ1) is 9.11. The van der Waals surface area contributed by atoms with Crippen LogP contribution in [0.25, 0.3) is 0 Å². The van der Waals surface area contributed by atoms with Gasteiger partial charge in [-0.3, -0.25) is 4.79 Å². The number of carbonyl (C=O) groups excluding carboxylic acids is 1. The molecule has 0 fully saturated rings. The van der Waals surface area contributed by atoms with Gasteiger partial charge in [0.2, 0.25) is 0 Å². The van der Waals surface area contributed by atoms with Crippen molar-refractivity contribution in [1.29, 1.82) is 0 Å². The van der Waals surface area contributed by atoms with Crippen molar-refractivity contribution in [2.45, 2.75) is 26.4 Å². The summed E-state index contributed by atoms with van der Waals surface area (Å²) in [6.07, 6.45) is 1.67. The molecule has 0 saturated carbocycles. The number of hydrogen-bond acceptors (Lipinski definition) is 3. The van der Waals surface area contributed by atoms with Gasteiger partial charge in [0.25, 0.3) is 5.91 Å². The van der Waals surface area contributed by atoms with E-state index in [0.717, 1.165) is 5.56 Å². The van der Waals surface area contributed by atoms with Crippen LogP contribution in [-0.2, 0) is 6.54 Å². The molecule has 2 rings (SSSR count). The van der Waals surface area contributed by atoms with E-state index in [0.29, 0.717) is 17.9 Å². The van der Waals surface area contributed by atoms with Crippen molar-refractivity contribution in [3.8, 4) is 0 Å². The number of aromatic nitrogens is 2. The van der Waals surface area contributed by atoms with Crippen LogP contribution in [0.1, 0.15) is 35.8 Å². The zero-order chi connectivity index (χ0) is 13.8. The van der Waals surface area contributed by atoms with Gasteiger partial charge in [-0.05, 0) is 31.5 Å². The highest BCUT2D eigenvalue weighted by atomic mass is 16.1. The van der Waals surface area contributed by atoms with E-state index >= 15 is 0 Å². The fourth-order valence-corrected chi connectivity index (χ4v) is 1.81. The largest absolute Gasteiger partial charge is 0.326 e. The summed E-state index contributed by atoms with van der Waals surface area (Å²) in [6.45, 7) is 4.50. The van der Waals surface area contributed by atoms with Gasteiger partial charge in [0.15, 0.2) is 0 Å². The molecule has 1 amide bonds. The molecule has 0 aliphatic rings. The lowest BCUT2D eigenvalue weighted by Crippen LogP contribution is -2.16. The van der Waals surface area contributed by atoms with E-state index in [1.807, 2.05) is 26.0 Å². The number of nitrogens with zero attached hydrogens (tertiary/aromatic N) is 2. The van der Waals surface area contributed by atoms with Crippen molar-refractivity contribution >= 4 is 11.7 Å². The molecule has 1 aromatic heterocycles. The maximum absolute atomic E-state index is 12.1. The first kappa shape index (κ1) is 13.3. The lowest BCUT2D eigenvalue weighted by Gasteiger charge is -2.11. The van der Waals surface area contributed by atoms with Crippen LogP contribution in [0.5, 0.6) is 0 Å². The normalized spacial score (nSPS) is 10.7. The summed E-state index contributed by atoms with van der Waals surface area (Å²) in [5.74, 6) is 0.550. The van der Waals surface area contributed by atoms with Crippen LogP contribution in [0.2, 0.25) is 0 Å². The van der Waals surface area contributed by atoms with Gasteiger partial charge in [0.1, 0.15) is 5.82 Å². The monoisotopic (exact) mass is 258 g/mol. The second-order valence-electron chi connectivity index (χ2n) is 4.61. The van der Waals surface area contributed by atoms with Gasteiger partial charge in [0.05, 0.1) is 6.20 Å². The first-order valence-electron chi connectivity index (χ1n) is 6.25. The Morgan fingerprint density at radius 3 is 2.58 bits per heavy atom. The third-order valence-electron chi connectivity index (χ3n) is 2.85. The molecule has 5 nitrogen and oxygen atoms in total. The maximum atomic E-state index is 12.1. The Labute approximate surface area is 112 Å². The highest BCUT2D eigenvalue weighted by Gasteiger charge is 2.10. The standard InChI is InChI=1S/C14H18N4O/c1-10(2)18-13(7-8-16-18)17-14(19)12-5-3-11(9-15)4-6-12/h3-8,10H,9,15H2,1-2H3,(H,17,19). The number of amides is 1. The van der Waals surface area contributed by atoms with E-state index in [4.69, 9.17) is 5.73 Å². The molecular weight excluding hydrogens is 240 g/mol. The number of rotatable bonds is 4. The summed E-state index contributed by atoms with van der Waals surface area (Å²) in [4.78, 5) is 12.1. The van der Waals surface area contributed by atoms with E-state index in [-0.39, 0.29) is 11.9 Å². The number of carbonyl (C=O) groups is 1. The van der Waals surface area contributed by atoms with Crippen molar-refractivity contribution in [2.75, 3.05) is 5.32 Å². The van der Waals surface area contributed by atoms with E-state index in [2.05, 4.69) is 10.4 Å². The Morgan fingerprint density at radius 1 is 1.32 bits per heavy atom. The van der Waals surface area contributed by atoms with Gasteiger partial charge in [0, 0.05) is 24.2 Å². The summed E-state index contributed by atoms with van der Waals surface area (Å²) in [7, 11) is 0. The molecule has 3 N–H and O–H groups in total. The molecule has 0 spiro atoms. The van der Waals surface area contributed by atoms with Gasteiger partial charge in [-0.1, -0.05) is 12.1 Å². The van der Waals surface area contributed by atoms with Crippen molar-refractivity contribution in [1.82, 2.24) is 9.78 Å². The minimum atomic E-state index is -0.147. The SMILES string of the molecule is CC(C)n1nccc1NC(=O)c1ccc(CN)cc1. The van der Waals surface area contributed by atoms with Gasteiger partial charge >= 0.3 is 0 Å². The molecule has 100 valence electrons. The second-order valence-corrected chi connectivity index (χ2v) is 4.61. The van der Waals surface area contributed by atoms with E-state index < -0.39 is 0 Å². The maximum Gasteiger partial charge on any atom is 0.256 e. The van der Waals surface area contributed by atoms with E-state index in [1.165, 1.54) is 0 Å². The van der Waals surface area contributed by atoms with Gasteiger partial charge in [-0.25, -0.2) is 4.68 Å². The number of benzene rings is 1. The predicted octanol–water partition coefficient (Wildman–Crippen LogP) is 2.17. The molecule has 0 radical (unpaired) electrons. The van der Waals surface area contributed by atoms with E-state index in [9.17, 15) is 4.79 Å². The van der Waals surface area contributed by atoms with Crippen LogP contribution in [0.3, 0.4) is 0 Å². The molecule has 0 atom stereocenters. The van der Waals surface area contributed by atoms with Crippen LogP contribution >= 0.6 is 0 Å². The molecule has 0 aliphatic heterocycles. The van der Waals surface area contributed by atoms with Crippen molar-refractivity contribution in [2.24, 2.45) is 5.73 Å². The second kappa shape index (κ2) is 5.67. The van der Waals surface area contributed by atoms with Gasteiger partial charge < -0.3 is 11.1 Å². The minimum Gasteiger partial charge on any atom is -0.326 e. The van der Waals surface area contributed by atoms with Gasteiger partial charge in [-0.2, -0.15) is 5.10 Å². The highest BCUT2D eigenvalue weighted by Crippen LogP contribution is 2.14. The van der Waals surface area contributed by atoms with Crippen LogP contribution in [0, 0.1) is 0 Å². The summed E-state index contributed by atoms with van der Waals surface area (Å²) >= 11 is 0. The zero-order valence-electron chi connectivity index (χ0n) is 11.1. The lowest BCUT2D eigenvalue weighted by molar-refractivity contribution is 0.102. The average molecular weight is 258 g/mol. The zero-order valence-corrected chi connectivity index (χ0v) is 11.1. The molecule has 0 aliphatic carbocycles. The summed E-state index contributed by atoms with van der Waals surface area (Å²) in [5.41, 5.74) is 7.14. The Morgan fingerprint density at radius 2 is 2.00 bits per heavy atom. The molecule has 1 aromatic carbocycles. The molecular formula is C14H18N4O.